The van der Waals surface area contributed by atoms with E-state index in [-0.39, 0.29) is 11.0 Å². The fourth-order valence-electron chi connectivity index (χ4n) is 7.62. The molecular formula is C31H37N7O2. The van der Waals surface area contributed by atoms with Crippen LogP contribution >= 0.6 is 0 Å². The molecule has 0 aliphatic heterocycles. The summed E-state index contributed by atoms with van der Waals surface area (Å²) < 4.78 is 1.48. The summed E-state index contributed by atoms with van der Waals surface area (Å²) in [5, 5.41) is 14.8. The van der Waals surface area contributed by atoms with Crippen LogP contribution in [0, 0.1) is 37.0 Å². The van der Waals surface area contributed by atoms with Gasteiger partial charge in [-0.25, -0.2) is 9.67 Å². The molecule has 9 heteroatoms. The standard InChI is InChI=1S/C31H37N7O2/c1-18-16-32-30(34-25-5-3-4-20(12-25)17-38-26(39)9-6-19(2)37-38)36-28(18)35-27-22-10-21-11-23(27)15-31(13-21,14-22)29(40)33-24-7-8-24/h3-6,9,12,16,21-24,27H,7-8,10-11,13-15,17H2,1-2H3,(H,33,40)(H2,32,34,35,36). The molecular weight excluding hydrogens is 502 g/mol. The second kappa shape index (κ2) is 9.71. The number of carbonyl (C=O) groups excluding carboxylic acids is 1. The van der Waals surface area contributed by atoms with Gasteiger partial charge in [0.15, 0.2) is 0 Å². The van der Waals surface area contributed by atoms with Crippen LogP contribution in [0.2, 0.25) is 0 Å². The Morgan fingerprint density at radius 3 is 2.65 bits per heavy atom. The van der Waals surface area contributed by atoms with Crippen LogP contribution in [0.3, 0.4) is 0 Å². The van der Waals surface area contributed by atoms with Crippen LogP contribution in [0.5, 0.6) is 0 Å². The Morgan fingerprint density at radius 1 is 1.07 bits per heavy atom. The fraction of sp³-hybridized carbons (Fsp3) is 0.516. The van der Waals surface area contributed by atoms with Crippen molar-refractivity contribution >= 4 is 23.4 Å². The van der Waals surface area contributed by atoms with E-state index >= 15 is 0 Å². The maximum atomic E-state index is 13.3. The van der Waals surface area contributed by atoms with Gasteiger partial charge in [0.1, 0.15) is 5.82 Å². The molecule has 1 amide bonds. The minimum atomic E-state index is -0.158. The zero-order valence-corrected chi connectivity index (χ0v) is 23.2. The van der Waals surface area contributed by atoms with Crippen molar-refractivity contribution in [1.82, 2.24) is 25.1 Å². The maximum Gasteiger partial charge on any atom is 0.267 e. The first-order chi connectivity index (χ1) is 19.3. The summed E-state index contributed by atoms with van der Waals surface area (Å²) in [7, 11) is 0. The highest BCUT2D eigenvalue weighted by Gasteiger charge is 2.58. The van der Waals surface area contributed by atoms with Crippen LogP contribution in [0.25, 0.3) is 0 Å². The lowest BCUT2D eigenvalue weighted by Gasteiger charge is -2.59. The SMILES string of the molecule is Cc1ccc(=O)n(Cc2cccc(Nc3ncc(C)c(NC4C5CC6CC4CC(C(=O)NC4CC4)(C6)C5)n3)c2)n1. The van der Waals surface area contributed by atoms with E-state index in [0.29, 0.717) is 48.2 Å². The van der Waals surface area contributed by atoms with Gasteiger partial charge in [-0.3, -0.25) is 9.59 Å². The zero-order valence-electron chi connectivity index (χ0n) is 23.2. The quantitative estimate of drug-likeness (QED) is 0.391. The Labute approximate surface area is 234 Å². The van der Waals surface area contributed by atoms with Gasteiger partial charge in [-0.1, -0.05) is 12.1 Å². The van der Waals surface area contributed by atoms with Gasteiger partial charge in [0.05, 0.1) is 17.7 Å². The molecule has 5 aliphatic rings. The van der Waals surface area contributed by atoms with Gasteiger partial charge in [-0.15, -0.1) is 0 Å². The molecule has 3 N–H and O–H groups in total. The molecule has 0 spiro atoms. The highest BCUT2D eigenvalue weighted by atomic mass is 16.2. The number of hydrogen-bond acceptors (Lipinski definition) is 7. The number of aromatic nitrogens is 4. The monoisotopic (exact) mass is 539 g/mol. The van der Waals surface area contributed by atoms with Crippen LogP contribution in [-0.2, 0) is 11.3 Å². The summed E-state index contributed by atoms with van der Waals surface area (Å²) in [5.74, 6) is 3.37. The van der Waals surface area contributed by atoms with Gasteiger partial charge in [-0.05, 0) is 100 Å². The molecule has 208 valence electrons. The van der Waals surface area contributed by atoms with Crippen molar-refractivity contribution in [3.8, 4) is 0 Å². The summed E-state index contributed by atoms with van der Waals surface area (Å²) >= 11 is 0. The molecule has 2 atom stereocenters. The molecule has 2 heterocycles. The normalized spacial score (nSPS) is 28.4. The zero-order chi connectivity index (χ0) is 27.4. The van der Waals surface area contributed by atoms with Crippen molar-refractivity contribution in [3.63, 3.8) is 0 Å². The third-order valence-electron chi connectivity index (χ3n) is 9.46. The molecule has 9 nitrogen and oxygen atoms in total. The van der Waals surface area contributed by atoms with Crippen molar-refractivity contribution in [2.24, 2.45) is 23.2 Å². The van der Waals surface area contributed by atoms with E-state index < -0.39 is 0 Å². The summed E-state index contributed by atoms with van der Waals surface area (Å²) in [5.41, 5.74) is 3.35. The number of nitrogens with one attached hydrogen (secondary N) is 3. The Bertz CT molecular complexity index is 1500. The largest absolute Gasteiger partial charge is 0.366 e. The molecule has 0 saturated heterocycles. The smallest absolute Gasteiger partial charge is 0.267 e. The minimum Gasteiger partial charge on any atom is -0.366 e. The number of nitrogens with zero attached hydrogens (tertiary/aromatic N) is 4. The number of carbonyl (C=O) groups is 1. The minimum absolute atomic E-state index is 0.124. The van der Waals surface area contributed by atoms with Gasteiger partial charge in [-0.2, -0.15) is 10.1 Å². The van der Waals surface area contributed by atoms with E-state index in [1.54, 1.807) is 12.1 Å². The van der Waals surface area contributed by atoms with E-state index in [4.69, 9.17) is 4.98 Å². The first-order valence-corrected chi connectivity index (χ1v) is 14.7. The number of hydrogen-bond donors (Lipinski definition) is 3. The number of amides is 1. The van der Waals surface area contributed by atoms with Crippen molar-refractivity contribution in [2.45, 2.75) is 77.4 Å². The molecule has 2 unspecified atom stereocenters. The topological polar surface area (TPSA) is 114 Å². The van der Waals surface area contributed by atoms with Crippen molar-refractivity contribution in [1.29, 1.82) is 0 Å². The Kier molecular flexibility index (Phi) is 6.13. The molecule has 0 radical (unpaired) electrons. The predicted molar refractivity (Wildman–Crippen MR) is 153 cm³/mol. The molecule has 3 aromatic rings. The molecule has 5 aliphatic carbocycles. The number of rotatable bonds is 8. The number of anilines is 3. The Hall–Kier alpha value is -3.75. The summed E-state index contributed by atoms with van der Waals surface area (Å²) in [6.45, 7) is 4.31. The second-order valence-corrected chi connectivity index (χ2v) is 12.7. The number of benzene rings is 1. The third-order valence-corrected chi connectivity index (χ3v) is 9.46. The summed E-state index contributed by atoms with van der Waals surface area (Å²) in [4.78, 5) is 34.9. The van der Waals surface area contributed by atoms with Gasteiger partial charge in [0.2, 0.25) is 11.9 Å². The van der Waals surface area contributed by atoms with Crippen LogP contribution in [0.1, 0.15) is 61.8 Å². The number of aryl methyl sites for hydroxylation is 2. The third kappa shape index (κ3) is 4.86. The van der Waals surface area contributed by atoms with Crippen LogP contribution in [0.15, 0.2) is 47.4 Å². The van der Waals surface area contributed by atoms with Crippen LogP contribution in [0.4, 0.5) is 17.5 Å². The van der Waals surface area contributed by atoms with E-state index in [9.17, 15) is 9.59 Å². The van der Waals surface area contributed by atoms with Gasteiger partial charge >= 0.3 is 0 Å². The highest BCUT2D eigenvalue weighted by Crippen LogP contribution is 2.60. The molecule has 5 saturated carbocycles. The second-order valence-electron chi connectivity index (χ2n) is 12.7. The molecule has 8 rings (SSSR count). The lowest BCUT2D eigenvalue weighted by molar-refractivity contribution is -0.147. The average molecular weight is 540 g/mol. The van der Waals surface area contributed by atoms with Gasteiger partial charge < -0.3 is 16.0 Å². The van der Waals surface area contributed by atoms with Gasteiger partial charge in [0.25, 0.3) is 5.56 Å². The van der Waals surface area contributed by atoms with E-state index in [2.05, 4.69) is 26.0 Å². The van der Waals surface area contributed by atoms with Gasteiger partial charge in [0, 0.05) is 35.6 Å². The first-order valence-electron chi connectivity index (χ1n) is 14.7. The molecule has 1 aromatic carbocycles. The van der Waals surface area contributed by atoms with E-state index in [0.717, 1.165) is 60.4 Å². The highest BCUT2D eigenvalue weighted by molar-refractivity contribution is 5.84. The molecule has 4 bridgehead atoms. The Morgan fingerprint density at radius 2 is 1.88 bits per heavy atom. The first kappa shape index (κ1) is 25.2. The van der Waals surface area contributed by atoms with Crippen LogP contribution in [-0.4, -0.2) is 37.7 Å². The average Bonchev–Trinajstić information content (AvgIpc) is 3.74. The van der Waals surface area contributed by atoms with Crippen molar-refractivity contribution in [3.05, 3.63) is 69.8 Å². The fourth-order valence-corrected chi connectivity index (χ4v) is 7.62. The maximum absolute atomic E-state index is 13.3. The lowest BCUT2D eigenvalue weighted by atomic mass is 9.47. The molecule has 2 aromatic heterocycles. The van der Waals surface area contributed by atoms with E-state index in [1.807, 2.05) is 44.3 Å². The van der Waals surface area contributed by atoms with Crippen LogP contribution < -0.4 is 21.5 Å². The van der Waals surface area contributed by atoms with Crippen molar-refractivity contribution < 1.29 is 4.79 Å². The van der Waals surface area contributed by atoms with Crippen molar-refractivity contribution in [2.75, 3.05) is 10.6 Å². The molecule has 40 heavy (non-hydrogen) atoms. The molecule has 5 fully saturated rings. The van der Waals surface area contributed by atoms with E-state index in [1.165, 1.54) is 17.5 Å². The Balaban J connectivity index is 1.06. The summed E-state index contributed by atoms with van der Waals surface area (Å²) in [6, 6.07) is 11.9. The lowest BCUT2D eigenvalue weighted by Crippen LogP contribution is -2.60. The predicted octanol–water partition coefficient (Wildman–Crippen LogP) is 4.33. The summed E-state index contributed by atoms with van der Waals surface area (Å²) in [6.07, 6.45) is 9.58.